The summed E-state index contributed by atoms with van der Waals surface area (Å²) in [6.45, 7) is 4.40. The Bertz CT molecular complexity index is 315. The topological polar surface area (TPSA) is 51.5 Å². The zero-order valence-corrected chi connectivity index (χ0v) is 16.0. The normalized spacial score (nSPS) is 14.4. The fraction of sp³-hybridized carbons (Fsp3) is 0.947. The number of ether oxygens (including phenoxy) is 3. The minimum absolute atomic E-state index is 0.277. The number of nitriles is 1. The van der Waals surface area contributed by atoms with Crippen molar-refractivity contribution in [2.45, 2.75) is 90.4 Å². The maximum Gasteiger partial charge on any atom is 0.288 e. The Morgan fingerprint density at radius 2 is 1.30 bits per heavy atom. The molecule has 136 valence electrons. The van der Waals surface area contributed by atoms with Gasteiger partial charge in [0.25, 0.3) is 5.97 Å². The molecule has 0 aliphatic heterocycles. The minimum atomic E-state index is -1.07. The van der Waals surface area contributed by atoms with Crippen LogP contribution in [-0.4, -0.2) is 27.3 Å². The van der Waals surface area contributed by atoms with Gasteiger partial charge in [-0.2, -0.15) is 5.26 Å². The molecule has 0 spiro atoms. The maximum absolute atomic E-state index is 9.08. The van der Waals surface area contributed by atoms with Crippen LogP contribution in [0.25, 0.3) is 0 Å². The predicted octanol–water partition coefficient (Wildman–Crippen LogP) is 5.42. The molecule has 1 unspecified atom stereocenters. The van der Waals surface area contributed by atoms with Crippen molar-refractivity contribution in [3.8, 4) is 6.07 Å². The molecule has 4 heteroatoms. The Kier molecular flexibility index (Phi) is 12.4. The van der Waals surface area contributed by atoms with Crippen LogP contribution in [0.15, 0.2) is 0 Å². The molecule has 0 heterocycles. The van der Waals surface area contributed by atoms with E-state index in [9.17, 15) is 0 Å². The highest BCUT2D eigenvalue weighted by Gasteiger charge is 2.52. The summed E-state index contributed by atoms with van der Waals surface area (Å²) in [7, 11) is 4.89. The number of rotatable bonds is 15. The van der Waals surface area contributed by atoms with Gasteiger partial charge in [0.1, 0.15) is 0 Å². The third-order valence-electron chi connectivity index (χ3n) is 4.91. The molecule has 0 N–H and O–H groups in total. The first-order valence-corrected chi connectivity index (χ1v) is 9.14. The van der Waals surface area contributed by atoms with E-state index >= 15 is 0 Å². The molecule has 23 heavy (non-hydrogen) atoms. The number of nitrogens with zero attached hydrogens (tertiary/aromatic N) is 1. The SMILES string of the molecule is CCCCCCCCC(CCC)(CCC#N)C(OC)(OC)OC. The average Bonchev–Trinajstić information content (AvgIpc) is 2.58. The maximum atomic E-state index is 9.08. The number of unbranched alkanes of at least 4 members (excludes halogenated alkanes) is 5. The molecule has 0 rings (SSSR count). The standard InChI is InChI=1S/C19H37NO3/c1-6-8-9-10-11-12-15-18(14-7-2,16-13-17-20)19(21-3,22-4)23-5/h6-16H2,1-5H3. The summed E-state index contributed by atoms with van der Waals surface area (Å²) in [6, 6.07) is 2.28. The number of hydrogen-bond donors (Lipinski definition) is 0. The summed E-state index contributed by atoms with van der Waals surface area (Å²) in [5.41, 5.74) is -0.277. The highest BCUT2D eigenvalue weighted by Crippen LogP contribution is 2.48. The molecule has 0 radical (unpaired) electrons. The van der Waals surface area contributed by atoms with E-state index in [4.69, 9.17) is 19.5 Å². The van der Waals surface area contributed by atoms with Gasteiger partial charge in [0.05, 0.1) is 11.5 Å². The van der Waals surface area contributed by atoms with E-state index in [1.54, 1.807) is 21.3 Å². The molecule has 0 aromatic carbocycles. The molecule has 0 amide bonds. The predicted molar refractivity (Wildman–Crippen MR) is 93.9 cm³/mol. The van der Waals surface area contributed by atoms with Crippen molar-refractivity contribution >= 4 is 0 Å². The lowest BCUT2D eigenvalue weighted by molar-refractivity contribution is -0.411. The van der Waals surface area contributed by atoms with Gasteiger partial charge >= 0.3 is 0 Å². The lowest BCUT2D eigenvalue weighted by Crippen LogP contribution is -2.53. The number of hydrogen-bond acceptors (Lipinski definition) is 4. The van der Waals surface area contributed by atoms with E-state index in [2.05, 4.69) is 19.9 Å². The molecule has 0 aliphatic carbocycles. The first-order chi connectivity index (χ1) is 11.1. The van der Waals surface area contributed by atoms with Crippen LogP contribution < -0.4 is 0 Å². The second kappa shape index (κ2) is 12.8. The Hall–Kier alpha value is -0.630. The minimum Gasteiger partial charge on any atom is -0.330 e. The van der Waals surface area contributed by atoms with Gasteiger partial charge in [-0.3, -0.25) is 0 Å². The molecular formula is C19H37NO3. The van der Waals surface area contributed by atoms with Crippen LogP contribution in [0.3, 0.4) is 0 Å². The third-order valence-corrected chi connectivity index (χ3v) is 4.91. The van der Waals surface area contributed by atoms with Crippen molar-refractivity contribution in [2.75, 3.05) is 21.3 Å². The van der Waals surface area contributed by atoms with Crippen molar-refractivity contribution in [3.05, 3.63) is 0 Å². The van der Waals surface area contributed by atoms with Gasteiger partial charge in [-0.25, -0.2) is 0 Å². The second-order valence-electron chi connectivity index (χ2n) is 6.37. The Balaban J connectivity index is 5.05. The first-order valence-electron chi connectivity index (χ1n) is 9.14. The van der Waals surface area contributed by atoms with E-state index in [1.165, 1.54) is 32.1 Å². The van der Waals surface area contributed by atoms with Gasteiger partial charge in [-0.05, 0) is 19.3 Å². The van der Waals surface area contributed by atoms with Crippen molar-refractivity contribution < 1.29 is 14.2 Å². The summed E-state index contributed by atoms with van der Waals surface area (Å²) in [5.74, 6) is -1.07. The Morgan fingerprint density at radius 1 is 0.739 bits per heavy atom. The van der Waals surface area contributed by atoms with Crippen LogP contribution in [0, 0.1) is 16.7 Å². The van der Waals surface area contributed by atoms with Crippen molar-refractivity contribution in [1.82, 2.24) is 0 Å². The quantitative estimate of drug-likeness (QED) is 0.298. The van der Waals surface area contributed by atoms with Crippen LogP contribution in [0.4, 0.5) is 0 Å². The van der Waals surface area contributed by atoms with Crippen LogP contribution in [0.5, 0.6) is 0 Å². The molecule has 0 aromatic heterocycles. The summed E-state index contributed by atoms with van der Waals surface area (Å²) in [5, 5.41) is 9.08. The van der Waals surface area contributed by atoms with Gasteiger partial charge in [-0.1, -0.05) is 58.8 Å². The van der Waals surface area contributed by atoms with Gasteiger partial charge in [0.2, 0.25) is 0 Å². The first kappa shape index (κ1) is 22.4. The lowest BCUT2D eigenvalue weighted by atomic mass is 9.72. The molecule has 0 saturated carbocycles. The van der Waals surface area contributed by atoms with E-state index in [0.29, 0.717) is 6.42 Å². The number of methoxy groups -OCH3 is 3. The fourth-order valence-electron chi connectivity index (χ4n) is 3.75. The highest BCUT2D eigenvalue weighted by atomic mass is 16.9. The lowest BCUT2D eigenvalue weighted by Gasteiger charge is -2.47. The monoisotopic (exact) mass is 327 g/mol. The summed E-state index contributed by atoms with van der Waals surface area (Å²) in [6.07, 6.45) is 11.6. The van der Waals surface area contributed by atoms with Crippen molar-refractivity contribution in [3.63, 3.8) is 0 Å². The van der Waals surface area contributed by atoms with Crippen molar-refractivity contribution in [1.29, 1.82) is 5.26 Å². The third kappa shape index (κ3) is 6.41. The van der Waals surface area contributed by atoms with Gasteiger partial charge in [0, 0.05) is 27.8 Å². The Morgan fingerprint density at radius 3 is 1.78 bits per heavy atom. The van der Waals surface area contributed by atoms with Crippen LogP contribution in [-0.2, 0) is 14.2 Å². The smallest absolute Gasteiger partial charge is 0.288 e. The van der Waals surface area contributed by atoms with Crippen LogP contribution in [0.2, 0.25) is 0 Å². The van der Waals surface area contributed by atoms with Crippen molar-refractivity contribution in [2.24, 2.45) is 5.41 Å². The van der Waals surface area contributed by atoms with Crippen LogP contribution in [0.1, 0.15) is 84.5 Å². The van der Waals surface area contributed by atoms with E-state index < -0.39 is 5.97 Å². The van der Waals surface area contributed by atoms with Gasteiger partial charge in [0.15, 0.2) is 0 Å². The largest absolute Gasteiger partial charge is 0.330 e. The second-order valence-corrected chi connectivity index (χ2v) is 6.37. The molecular weight excluding hydrogens is 290 g/mol. The summed E-state index contributed by atoms with van der Waals surface area (Å²) in [4.78, 5) is 0. The highest BCUT2D eigenvalue weighted by molar-refractivity contribution is 4.91. The molecule has 0 saturated heterocycles. The fourth-order valence-corrected chi connectivity index (χ4v) is 3.75. The van der Waals surface area contributed by atoms with Gasteiger partial charge < -0.3 is 14.2 Å². The average molecular weight is 328 g/mol. The van der Waals surface area contributed by atoms with E-state index in [1.807, 2.05) is 0 Å². The zero-order chi connectivity index (χ0) is 17.6. The summed E-state index contributed by atoms with van der Waals surface area (Å²) >= 11 is 0. The van der Waals surface area contributed by atoms with Crippen LogP contribution >= 0.6 is 0 Å². The molecule has 1 atom stereocenters. The van der Waals surface area contributed by atoms with E-state index in [0.717, 1.165) is 32.1 Å². The van der Waals surface area contributed by atoms with E-state index in [-0.39, 0.29) is 5.41 Å². The molecule has 0 aromatic rings. The molecule has 4 nitrogen and oxygen atoms in total. The Labute approximate surface area is 143 Å². The molecule has 0 bridgehead atoms. The molecule has 0 aliphatic rings. The van der Waals surface area contributed by atoms with Gasteiger partial charge in [-0.15, -0.1) is 0 Å². The molecule has 0 fully saturated rings. The zero-order valence-electron chi connectivity index (χ0n) is 16.0. The summed E-state index contributed by atoms with van der Waals surface area (Å²) < 4.78 is 17.1.